The standard InChI is InChI=1S/C20H20O8/c1-3-5-6-4(2)26-16(10-8(6)12(22)18-20(28-18)14(10)24)15(25-3)9-7(5)11(21)17-19(27-17)13(9)23/h3-6,13-20,23-24H,1-2H3/t3?,4?,5-,6-,13-,14-,15-,16-,17-,18-,19+,20+/m0/s1. The summed E-state index contributed by atoms with van der Waals surface area (Å²) < 4.78 is 23.4. The third-order valence-corrected chi connectivity index (χ3v) is 7.66. The molecule has 4 bridgehead atoms. The Hall–Kier alpha value is -1.42. The van der Waals surface area contributed by atoms with Crippen molar-refractivity contribution in [2.75, 3.05) is 0 Å². The van der Waals surface area contributed by atoms with E-state index in [2.05, 4.69) is 0 Å². The molecule has 0 saturated carbocycles. The number of aliphatic hydroxyl groups excluding tert-OH is 2. The minimum atomic E-state index is -0.943. The first-order valence-corrected chi connectivity index (χ1v) is 9.94. The van der Waals surface area contributed by atoms with E-state index in [9.17, 15) is 19.8 Å². The maximum atomic E-state index is 13.1. The normalized spacial score (nSPS) is 58.0. The van der Waals surface area contributed by atoms with E-state index < -0.39 is 60.7 Å². The molecule has 0 radical (unpaired) electrons. The van der Waals surface area contributed by atoms with Gasteiger partial charge in [-0.1, -0.05) is 0 Å². The average molecular weight is 388 g/mol. The smallest absolute Gasteiger partial charge is 0.190 e. The van der Waals surface area contributed by atoms with Crippen LogP contribution in [-0.2, 0) is 28.5 Å². The van der Waals surface area contributed by atoms with E-state index >= 15 is 0 Å². The minimum Gasteiger partial charge on any atom is -0.386 e. The van der Waals surface area contributed by atoms with Crippen LogP contribution in [0.3, 0.4) is 0 Å². The Balaban J connectivity index is 1.50. The summed E-state index contributed by atoms with van der Waals surface area (Å²) in [7, 11) is 0. The molecule has 8 nitrogen and oxygen atoms in total. The Morgan fingerprint density at radius 2 is 1.04 bits per heavy atom. The van der Waals surface area contributed by atoms with Crippen molar-refractivity contribution in [3.63, 3.8) is 0 Å². The third kappa shape index (κ3) is 1.67. The summed E-state index contributed by atoms with van der Waals surface area (Å²) >= 11 is 0. The number of carbonyl (C=O) groups is 2. The number of Topliss-reactive ketones (excluding diaryl/α,β-unsaturated/α-hetero) is 2. The molecule has 12 atom stereocenters. The van der Waals surface area contributed by atoms with Crippen molar-refractivity contribution in [3.05, 3.63) is 22.3 Å². The van der Waals surface area contributed by atoms with E-state index in [1.807, 2.05) is 13.8 Å². The molecule has 7 rings (SSSR count). The fraction of sp³-hybridized carbons (Fsp3) is 0.700. The molecule has 2 unspecified atom stereocenters. The molecule has 0 amide bonds. The van der Waals surface area contributed by atoms with Crippen LogP contribution in [0.2, 0.25) is 0 Å². The number of ketones is 2. The number of hydrogen-bond donors (Lipinski definition) is 2. The lowest BCUT2D eigenvalue weighted by Gasteiger charge is -2.55. The predicted molar refractivity (Wildman–Crippen MR) is 89.1 cm³/mol. The van der Waals surface area contributed by atoms with Crippen molar-refractivity contribution in [1.82, 2.24) is 0 Å². The van der Waals surface area contributed by atoms with Crippen molar-refractivity contribution >= 4 is 11.6 Å². The number of aliphatic hydroxyl groups is 2. The van der Waals surface area contributed by atoms with Gasteiger partial charge in [0.05, 0.1) is 12.2 Å². The predicted octanol–water partition coefficient (Wildman–Crippen LogP) is -1.18. The van der Waals surface area contributed by atoms with E-state index in [1.54, 1.807) is 0 Å². The van der Waals surface area contributed by atoms with Crippen LogP contribution in [0.1, 0.15) is 13.8 Å². The SMILES string of the molecule is CC1O[C@H]2C3=C(C(=O)[C@@H]4O[C@@H]4[C@H]3O)[C@@H]1[C@H]1C3=C([C@H](O)[C@H]4O[C@H]4C3=O)[C@@H]2OC1C. The van der Waals surface area contributed by atoms with Gasteiger partial charge in [-0.15, -0.1) is 0 Å². The lowest BCUT2D eigenvalue weighted by molar-refractivity contribution is -0.177. The number of hydrogen-bond acceptors (Lipinski definition) is 8. The van der Waals surface area contributed by atoms with Gasteiger partial charge in [0.25, 0.3) is 0 Å². The van der Waals surface area contributed by atoms with E-state index in [0.717, 1.165) is 0 Å². The molecule has 0 aromatic heterocycles. The van der Waals surface area contributed by atoms with Crippen molar-refractivity contribution in [2.45, 2.75) is 74.9 Å². The van der Waals surface area contributed by atoms with Gasteiger partial charge < -0.3 is 29.2 Å². The van der Waals surface area contributed by atoms with Gasteiger partial charge in [-0.3, -0.25) is 9.59 Å². The molecule has 7 aliphatic rings. The highest BCUT2D eigenvalue weighted by Gasteiger charge is 2.68. The largest absolute Gasteiger partial charge is 0.386 e. The maximum absolute atomic E-state index is 13.1. The van der Waals surface area contributed by atoms with Gasteiger partial charge in [0.1, 0.15) is 48.8 Å². The highest BCUT2D eigenvalue weighted by Crippen LogP contribution is 2.57. The molecule has 0 aromatic rings. The van der Waals surface area contributed by atoms with Gasteiger partial charge in [-0.25, -0.2) is 0 Å². The summed E-state index contributed by atoms with van der Waals surface area (Å²) in [6.07, 6.45) is -6.30. The summed E-state index contributed by atoms with van der Waals surface area (Å²) in [4.78, 5) is 26.3. The zero-order valence-corrected chi connectivity index (χ0v) is 15.3. The molecular formula is C20H20O8. The van der Waals surface area contributed by atoms with Crippen LogP contribution in [0.25, 0.3) is 0 Å². The Morgan fingerprint density at radius 1 is 0.643 bits per heavy atom. The third-order valence-electron chi connectivity index (χ3n) is 7.66. The molecule has 2 N–H and O–H groups in total. The first-order chi connectivity index (χ1) is 13.4. The quantitative estimate of drug-likeness (QED) is 0.498. The second kappa shape index (κ2) is 4.83. The minimum absolute atomic E-state index is 0.110. The number of rotatable bonds is 0. The van der Waals surface area contributed by atoms with E-state index in [-0.39, 0.29) is 23.8 Å². The lowest BCUT2D eigenvalue weighted by Crippen LogP contribution is -2.62. The van der Waals surface area contributed by atoms with Gasteiger partial charge >= 0.3 is 0 Å². The number of carbonyl (C=O) groups excluding carboxylic acids is 2. The molecule has 4 aliphatic heterocycles. The molecule has 4 heterocycles. The monoisotopic (exact) mass is 388 g/mol. The summed E-state index contributed by atoms with van der Waals surface area (Å²) in [5.74, 6) is -1.10. The van der Waals surface area contributed by atoms with Crippen molar-refractivity contribution in [3.8, 4) is 0 Å². The fourth-order valence-corrected chi connectivity index (χ4v) is 6.43. The second-order valence-corrected chi connectivity index (χ2v) is 8.97. The van der Waals surface area contributed by atoms with Gasteiger partial charge in [0.2, 0.25) is 0 Å². The van der Waals surface area contributed by atoms with E-state index in [1.165, 1.54) is 0 Å². The lowest BCUT2D eigenvalue weighted by atomic mass is 9.60. The Kier molecular flexibility index (Phi) is 2.83. The van der Waals surface area contributed by atoms with Crippen molar-refractivity contribution < 1.29 is 38.7 Å². The molecule has 28 heavy (non-hydrogen) atoms. The number of epoxide rings is 2. The molecular weight excluding hydrogens is 368 g/mol. The van der Waals surface area contributed by atoms with Gasteiger partial charge in [0.15, 0.2) is 11.6 Å². The molecule has 148 valence electrons. The van der Waals surface area contributed by atoms with Crippen LogP contribution in [0.5, 0.6) is 0 Å². The van der Waals surface area contributed by atoms with Crippen LogP contribution in [0.4, 0.5) is 0 Å². The van der Waals surface area contributed by atoms with Crippen LogP contribution in [-0.4, -0.2) is 82.8 Å². The van der Waals surface area contributed by atoms with Crippen LogP contribution in [0, 0.1) is 11.8 Å². The zero-order chi connectivity index (χ0) is 19.2. The second-order valence-electron chi connectivity index (χ2n) is 8.97. The molecule has 8 heteroatoms. The van der Waals surface area contributed by atoms with Gasteiger partial charge in [-0.05, 0) is 25.0 Å². The topological polar surface area (TPSA) is 118 Å². The van der Waals surface area contributed by atoms with Crippen LogP contribution >= 0.6 is 0 Å². The van der Waals surface area contributed by atoms with E-state index in [4.69, 9.17) is 18.9 Å². The molecule has 2 saturated heterocycles. The van der Waals surface area contributed by atoms with Crippen LogP contribution < -0.4 is 0 Å². The van der Waals surface area contributed by atoms with Gasteiger partial charge in [0, 0.05) is 23.0 Å². The molecule has 0 aromatic carbocycles. The van der Waals surface area contributed by atoms with E-state index in [0.29, 0.717) is 22.3 Å². The molecule has 2 fully saturated rings. The number of ether oxygens (including phenoxy) is 4. The maximum Gasteiger partial charge on any atom is 0.190 e. The van der Waals surface area contributed by atoms with Crippen molar-refractivity contribution in [1.29, 1.82) is 0 Å². The molecule has 3 aliphatic carbocycles. The fourth-order valence-electron chi connectivity index (χ4n) is 6.43. The Labute approximate surface area is 160 Å². The number of fused-ring (bicyclic) bond motifs is 4. The summed E-state index contributed by atoms with van der Waals surface area (Å²) in [6.45, 7) is 3.80. The summed E-state index contributed by atoms with van der Waals surface area (Å²) in [6, 6.07) is 0. The van der Waals surface area contributed by atoms with Crippen LogP contribution in [0.15, 0.2) is 22.3 Å². The summed E-state index contributed by atoms with van der Waals surface area (Å²) in [5, 5.41) is 21.8. The summed E-state index contributed by atoms with van der Waals surface area (Å²) in [5.41, 5.74) is 2.12. The van der Waals surface area contributed by atoms with Crippen molar-refractivity contribution in [2.24, 2.45) is 11.8 Å². The Morgan fingerprint density at radius 3 is 1.43 bits per heavy atom. The highest BCUT2D eigenvalue weighted by molar-refractivity contribution is 6.07. The van der Waals surface area contributed by atoms with Gasteiger partial charge in [-0.2, -0.15) is 0 Å². The Bertz CT molecular complexity index is 845. The highest BCUT2D eigenvalue weighted by atomic mass is 16.6. The first kappa shape index (κ1) is 16.4. The zero-order valence-electron chi connectivity index (χ0n) is 15.3. The average Bonchev–Trinajstić information content (AvgIpc) is 3.53. The molecule has 0 spiro atoms. The first-order valence-electron chi connectivity index (χ1n) is 9.94.